The maximum absolute atomic E-state index is 3.24. The Hall–Kier alpha value is -5.07. The highest BCUT2D eigenvalue weighted by atomic mass is 31.2. The van der Waals surface area contributed by atoms with Crippen LogP contribution in [-0.2, 0) is 0 Å². The molecule has 76 heavy (non-hydrogen) atoms. The zero-order valence-corrected chi connectivity index (χ0v) is 47.5. The number of benzene rings is 8. The van der Waals surface area contributed by atoms with Crippen molar-refractivity contribution in [1.29, 1.82) is 0 Å². The summed E-state index contributed by atoms with van der Waals surface area (Å²) in [5.74, 6) is 1.88. The van der Waals surface area contributed by atoms with Crippen LogP contribution in [0.25, 0.3) is 0 Å². The molecule has 3 heterocycles. The summed E-state index contributed by atoms with van der Waals surface area (Å²) in [6.07, 6.45) is 8.39. The van der Waals surface area contributed by atoms with Crippen molar-refractivity contribution >= 4 is 24.2 Å². The van der Waals surface area contributed by atoms with Gasteiger partial charge in [-0.3, -0.25) is 4.67 Å². The average molecular weight is 1050 g/mol. The van der Waals surface area contributed by atoms with Crippen molar-refractivity contribution in [3.63, 3.8) is 0 Å². The molecule has 1 aliphatic carbocycles. The van der Waals surface area contributed by atoms with Crippen LogP contribution in [0.2, 0.25) is 0 Å². The number of hydrogen-bond donors (Lipinski definition) is 0. The van der Waals surface area contributed by atoms with E-state index < -0.39 is 24.2 Å². The fourth-order valence-corrected chi connectivity index (χ4v) is 27.8. The summed E-state index contributed by atoms with van der Waals surface area (Å²) in [5, 5.41) is 2.63. The largest absolute Gasteiger partial charge is 0.277 e. The minimum Gasteiger partial charge on any atom is -0.277 e. The van der Waals surface area contributed by atoms with Crippen molar-refractivity contribution in [3.05, 3.63) is 287 Å². The number of nitrogens with zero attached hydrogens (tertiary/aromatic N) is 3. The van der Waals surface area contributed by atoms with Gasteiger partial charge < -0.3 is 0 Å². The SMILES string of the molecule is CCCCN(C1[C@H](c2ccccc2)C[C@H]1c1ccccc1)P1[C@H](c2ccccc2)C(C2C[C@@H](c3ccccc3)P(N(N(C)C)P3[C@H](c4ccccc4)CC[C@H]3c3ccccc3)[C@@H]2c2ccccc2)C[C@H]1c1ccccc1. The topological polar surface area (TPSA) is 9.72 Å². The Morgan fingerprint density at radius 2 is 0.671 bits per heavy atom. The Morgan fingerprint density at radius 1 is 0.355 bits per heavy atom. The van der Waals surface area contributed by atoms with Gasteiger partial charge in [0.1, 0.15) is 0 Å². The fraction of sp³-hybridized carbons (Fsp3) is 0.314. The van der Waals surface area contributed by atoms with Gasteiger partial charge in [-0.05, 0) is 103 Å². The molecular formula is C70H76N3P3. The summed E-state index contributed by atoms with van der Waals surface area (Å²) in [6.45, 7) is 3.55. The first-order valence-corrected chi connectivity index (χ1v) is 32.9. The Labute approximate surface area is 459 Å². The van der Waals surface area contributed by atoms with E-state index in [0.29, 0.717) is 63.7 Å². The lowest BCUT2D eigenvalue weighted by molar-refractivity contribution is 0.149. The molecule has 0 aromatic heterocycles. The molecular weight excluding hydrogens is 976 g/mol. The zero-order chi connectivity index (χ0) is 51.4. The van der Waals surface area contributed by atoms with Crippen LogP contribution >= 0.6 is 24.2 Å². The number of hydrogen-bond acceptors (Lipinski definition) is 3. The number of hydrazine groups is 1. The van der Waals surface area contributed by atoms with E-state index in [1.807, 2.05) is 0 Å². The van der Waals surface area contributed by atoms with E-state index in [2.05, 4.69) is 278 Å². The standard InChI is InChI=1S/C70H76N3P3/c1-4-5-48-72(68-60(52-30-14-6-15-31-52)49-61(68)53-32-16-7-17-33-53)75-66(56-38-22-10-23-39-56)50-62(69(75)58-42-26-12-27-43-58)63-51-67(57-40-24-11-25-41-57)76(70(63)59-44-28-13-29-45-59)73(71(2)3)74-64(54-34-18-8-19-35-54)46-47-65(74)55-36-20-9-21-37-55/h6-45,60-70H,4-5,46-51H2,1-3H3/t60-,61-,62?,63?,64-,65-,66-,67-,69+,70+,75?,76?/m0/s1. The molecule has 4 fully saturated rings. The lowest BCUT2D eigenvalue weighted by atomic mass is 9.64. The molecule has 0 N–H and O–H groups in total. The van der Waals surface area contributed by atoms with Crippen molar-refractivity contribution in [3.8, 4) is 0 Å². The Bertz CT molecular complexity index is 2930. The van der Waals surface area contributed by atoms with E-state index in [1.165, 1.54) is 72.8 Å². The second-order valence-corrected chi connectivity index (χ2v) is 29.8. The molecule has 3 saturated heterocycles. The molecule has 12 atom stereocenters. The molecule has 4 unspecified atom stereocenters. The lowest BCUT2D eigenvalue weighted by Crippen LogP contribution is -2.50. The molecule has 0 bridgehead atoms. The van der Waals surface area contributed by atoms with Gasteiger partial charge in [-0.1, -0.05) is 256 Å². The van der Waals surface area contributed by atoms with Gasteiger partial charge in [-0.2, -0.15) is 4.55 Å². The van der Waals surface area contributed by atoms with E-state index in [-0.39, 0.29) is 0 Å². The first kappa shape index (κ1) is 51.7. The molecule has 386 valence electrons. The van der Waals surface area contributed by atoms with Crippen molar-refractivity contribution in [2.75, 3.05) is 20.6 Å². The third-order valence-corrected chi connectivity index (χ3v) is 28.9. The van der Waals surface area contributed by atoms with E-state index in [4.69, 9.17) is 0 Å². The molecule has 8 aromatic rings. The van der Waals surface area contributed by atoms with Gasteiger partial charge in [-0.25, -0.2) is 5.01 Å². The molecule has 3 nitrogen and oxygen atoms in total. The molecule has 0 amide bonds. The normalized spacial score (nSPS) is 27.8. The van der Waals surface area contributed by atoms with Gasteiger partial charge in [0, 0.05) is 88.6 Å². The molecule has 0 spiro atoms. The average Bonchev–Trinajstić information content (AvgIpc) is 4.23. The summed E-state index contributed by atoms with van der Waals surface area (Å²) in [4.78, 5) is 0. The monoisotopic (exact) mass is 1050 g/mol. The molecule has 0 radical (unpaired) electrons. The Morgan fingerprint density at radius 3 is 1.03 bits per heavy atom. The van der Waals surface area contributed by atoms with Gasteiger partial charge >= 0.3 is 0 Å². The predicted molar refractivity (Wildman–Crippen MR) is 325 cm³/mol. The van der Waals surface area contributed by atoms with Gasteiger partial charge in [0.05, 0.1) is 0 Å². The summed E-state index contributed by atoms with van der Waals surface area (Å²) in [5.41, 5.74) is 14.8. The van der Waals surface area contributed by atoms with Gasteiger partial charge in [0.25, 0.3) is 0 Å². The maximum Gasteiger partial charge on any atom is 0.0272 e. The van der Waals surface area contributed by atoms with Crippen molar-refractivity contribution < 1.29 is 0 Å². The van der Waals surface area contributed by atoms with E-state index in [9.17, 15) is 0 Å². The third-order valence-electron chi connectivity index (χ3n) is 17.9. The number of unbranched alkanes of at least 4 members (excludes halogenated alkanes) is 1. The zero-order valence-electron chi connectivity index (χ0n) is 44.8. The molecule has 6 heteroatoms. The van der Waals surface area contributed by atoms with E-state index >= 15 is 0 Å². The summed E-state index contributed by atoms with van der Waals surface area (Å²) in [7, 11) is 2.55. The smallest absolute Gasteiger partial charge is 0.0272 e. The molecule has 12 rings (SSSR count). The first-order chi connectivity index (χ1) is 37.6. The molecule has 3 aliphatic heterocycles. The summed E-state index contributed by atoms with van der Waals surface area (Å²) < 4.78 is 6.36. The fourth-order valence-electron chi connectivity index (χ4n) is 14.6. The van der Waals surface area contributed by atoms with Crippen LogP contribution in [-0.4, -0.2) is 40.9 Å². The molecule has 1 saturated carbocycles. The summed E-state index contributed by atoms with van der Waals surface area (Å²) >= 11 is 0. The van der Waals surface area contributed by atoms with Crippen LogP contribution in [0.1, 0.15) is 142 Å². The maximum atomic E-state index is 3.24. The highest BCUT2D eigenvalue weighted by Gasteiger charge is 2.61. The Kier molecular flexibility index (Phi) is 16.2. The number of rotatable bonds is 17. The quantitative estimate of drug-likeness (QED) is 0.0665. The second kappa shape index (κ2) is 23.9. The van der Waals surface area contributed by atoms with Gasteiger partial charge in [-0.15, -0.1) is 0 Å². The van der Waals surface area contributed by atoms with Crippen LogP contribution in [0, 0.1) is 11.8 Å². The van der Waals surface area contributed by atoms with Crippen LogP contribution in [0.5, 0.6) is 0 Å². The van der Waals surface area contributed by atoms with Crippen molar-refractivity contribution in [2.45, 2.75) is 104 Å². The first-order valence-electron chi connectivity index (χ1n) is 28.6. The molecule has 8 aromatic carbocycles. The third kappa shape index (κ3) is 10.3. The predicted octanol–water partition coefficient (Wildman–Crippen LogP) is 19.7. The van der Waals surface area contributed by atoms with Gasteiger partial charge in [0.2, 0.25) is 0 Å². The molecule has 4 aliphatic rings. The van der Waals surface area contributed by atoms with Crippen LogP contribution in [0.3, 0.4) is 0 Å². The summed E-state index contributed by atoms with van der Waals surface area (Å²) in [6, 6.07) is 95.1. The second-order valence-electron chi connectivity index (χ2n) is 22.3. The van der Waals surface area contributed by atoms with E-state index in [1.54, 1.807) is 16.7 Å². The van der Waals surface area contributed by atoms with Crippen molar-refractivity contribution in [2.24, 2.45) is 11.8 Å². The van der Waals surface area contributed by atoms with E-state index in [0.717, 1.165) is 6.54 Å². The van der Waals surface area contributed by atoms with Crippen molar-refractivity contribution in [1.82, 2.24) is 14.2 Å². The highest BCUT2D eigenvalue weighted by molar-refractivity contribution is 7.71. The van der Waals surface area contributed by atoms with Gasteiger partial charge in [0.15, 0.2) is 0 Å². The Balaban J connectivity index is 1.06. The lowest BCUT2D eigenvalue weighted by Gasteiger charge is -2.55. The van der Waals surface area contributed by atoms with Crippen LogP contribution in [0.15, 0.2) is 243 Å². The minimum absolute atomic E-state index is 0.365. The highest BCUT2D eigenvalue weighted by Crippen LogP contribution is 2.87. The van der Waals surface area contributed by atoms with Crippen LogP contribution < -0.4 is 0 Å². The minimum atomic E-state index is -0.821. The van der Waals surface area contributed by atoms with Crippen LogP contribution in [0.4, 0.5) is 0 Å².